The molecule has 0 aromatic rings. The van der Waals surface area contributed by atoms with Gasteiger partial charge in [0.15, 0.2) is 5.78 Å². The Labute approximate surface area is 184 Å². The van der Waals surface area contributed by atoms with Gasteiger partial charge in [-0.1, -0.05) is 52.3 Å². The van der Waals surface area contributed by atoms with Gasteiger partial charge in [0.05, 0.1) is 6.10 Å². The van der Waals surface area contributed by atoms with Crippen molar-refractivity contribution in [1.82, 2.24) is 0 Å². The maximum absolute atomic E-state index is 13.3. The van der Waals surface area contributed by atoms with Crippen molar-refractivity contribution in [2.45, 2.75) is 92.1 Å². The highest BCUT2D eigenvalue weighted by atomic mass is 16.3. The fourth-order valence-electron chi connectivity index (χ4n) is 8.05. The lowest BCUT2D eigenvalue weighted by molar-refractivity contribution is -0.130. The van der Waals surface area contributed by atoms with Crippen LogP contribution in [-0.4, -0.2) is 17.0 Å². The van der Waals surface area contributed by atoms with Gasteiger partial charge in [-0.3, -0.25) is 4.79 Å². The molecule has 4 aliphatic carbocycles. The van der Waals surface area contributed by atoms with E-state index in [1.165, 1.54) is 37.7 Å². The number of hydrogen-bond donors (Lipinski definition) is 1. The molecule has 168 valence electrons. The van der Waals surface area contributed by atoms with Crippen molar-refractivity contribution in [3.8, 4) is 0 Å². The monoisotopic (exact) mass is 412 g/mol. The average Bonchev–Trinajstić information content (AvgIpc) is 3.14. The highest BCUT2D eigenvalue weighted by Gasteiger charge is 2.57. The van der Waals surface area contributed by atoms with Crippen molar-refractivity contribution in [2.24, 2.45) is 52.8 Å². The Balaban J connectivity index is 1.51. The van der Waals surface area contributed by atoms with Gasteiger partial charge in [0.2, 0.25) is 0 Å². The summed E-state index contributed by atoms with van der Waals surface area (Å²) in [6.45, 7) is 11.8. The molecule has 0 aromatic heterocycles. The molecule has 30 heavy (non-hydrogen) atoms. The molecule has 2 heteroatoms. The molecule has 0 aromatic carbocycles. The van der Waals surface area contributed by atoms with E-state index in [2.05, 4.69) is 46.8 Å². The lowest BCUT2D eigenvalue weighted by Gasteiger charge is -2.54. The Hall–Kier alpha value is -0.890. The summed E-state index contributed by atoms with van der Waals surface area (Å²) in [6, 6.07) is 0. The molecule has 4 aliphatic rings. The number of aliphatic hydroxyl groups is 1. The standard InChI is InChI=1S/C28H44O2/c1-6-19(17(2)3)8-7-18(4)22-9-10-24-23(22)11-12-25-27(24)26(30)16-20-15-21(29)13-14-28(20,25)5/h7-8,16-19,21-25,27,29H,6,9-15H2,1-5H3/b8-7+/t18-,19-,21+,22-,23-,24-,25+,27+,28+/m1/s1. The second-order valence-corrected chi connectivity index (χ2v) is 11.7. The van der Waals surface area contributed by atoms with Crippen molar-refractivity contribution in [3.63, 3.8) is 0 Å². The summed E-state index contributed by atoms with van der Waals surface area (Å²) in [6.07, 6.45) is 15.7. The quantitative estimate of drug-likeness (QED) is 0.517. The van der Waals surface area contributed by atoms with Crippen LogP contribution < -0.4 is 0 Å². The van der Waals surface area contributed by atoms with E-state index in [1.807, 2.05) is 6.08 Å². The summed E-state index contributed by atoms with van der Waals surface area (Å²) in [7, 11) is 0. The number of ketones is 1. The molecule has 0 bridgehead atoms. The lowest BCUT2D eigenvalue weighted by atomic mass is 9.49. The molecule has 3 saturated carbocycles. The minimum absolute atomic E-state index is 0.151. The van der Waals surface area contributed by atoms with Gasteiger partial charge in [-0.15, -0.1) is 0 Å². The molecule has 0 aliphatic heterocycles. The van der Waals surface area contributed by atoms with Crippen LogP contribution in [0.25, 0.3) is 0 Å². The van der Waals surface area contributed by atoms with Crippen LogP contribution in [0, 0.1) is 52.8 Å². The maximum atomic E-state index is 13.3. The molecule has 0 saturated heterocycles. The molecule has 0 amide bonds. The van der Waals surface area contributed by atoms with Gasteiger partial charge in [0, 0.05) is 5.92 Å². The lowest BCUT2D eigenvalue weighted by Crippen LogP contribution is -2.51. The second kappa shape index (κ2) is 8.57. The summed E-state index contributed by atoms with van der Waals surface area (Å²) in [5.41, 5.74) is 1.41. The normalized spacial score (nSPS) is 43.2. The van der Waals surface area contributed by atoms with Crippen LogP contribution in [0.4, 0.5) is 0 Å². The summed E-state index contributed by atoms with van der Waals surface area (Å²) in [5.74, 6) is 5.22. The summed E-state index contributed by atoms with van der Waals surface area (Å²) >= 11 is 0. The molecule has 2 nitrogen and oxygen atoms in total. The Morgan fingerprint density at radius 1 is 1.10 bits per heavy atom. The van der Waals surface area contributed by atoms with E-state index in [1.54, 1.807) is 0 Å². The average molecular weight is 413 g/mol. The molecule has 9 atom stereocenters. The van der Waals surface area contributed by atoms with Gasteiger partial charge in [-0.2, -0.15) is 0 Å². The van der Waals surface area contributed by atoms with Crippen molar-refractivity contribution in [2.75, 3.05) is 0 Å². The molecular weight excluding hydrogens is 368 g/mol. The molecule has 0 spiro atoms. The van der Waals surface area contributed by atoms with Crippen LogP contribution in [-0.2, 0) is 4.79 Å². The first kappa shape index (κ1) is 22.3. The largest absolute Gasteiger partial charge is 0.393 e. The zero-order chi connectivity index (χ0) is 21.6. The number of rotatable bonds is 5. The van der Waals surface area contributed by atoms with Crippen LogP contribution in [0.15, 0.2) is 23.8 Å². The van der Waals surface area contributed by atoms with Crippen LogP contribution in [0.2, 0.25) is 0 Å². The Morgan fingerprint density at radius 2 is 1.83 bits per heavy atom. The summed E-state index contributed by atoms with van der Waals surface area (Å²) < 4.78 is 0. The summed E-state index contributed by atoms with van der Waals surface area (Å²) in [5, 5.41) is 10.2. The van der Waals surface area contributed by atoms with Crippen molar-refractivity contribution >= 4 is 5.78 Å². The molecule has 0 unspecified atom stereocenters. The van der Waals surface area contributed by atoms with Crippen LogP contribution in [0.3, 0.4) is 0 Å². The van der Waals surface area contributed by atoms with E-state index >= 15 is 0 Å². The zero-order valence-electron chi connectivity index (χ0n) is 19.9. The second-order valence-electron chi connectivity index (χ2n) is 11.7. The molecule has 1 N–H and O–H groups in total. The van der Waals surface area contributed by atoms with E-state index in [4.69, 9.17) is 0 Å². The number of fused-ring (bicyclic) bond motifs is 5. The number of carbonyl (C=O) groups is 1. The Morgan fingerprint density at radius 3 is 2.53 bits per heavy atom. The number of hydrogen-bond acceptors (Lipinski definition) is 2. The highest BCUT2D eigenvalue weighted by molar-refractivity contribution is 5.94. The highest BCUT2D eigenvalue weighted by Crippen LogP contribution is 2.62. The molecule has 0 radical (unpaired) electrons. The van der Waals surface area contributed by atoms with Crippen molar-refractivity contribution in [3.05, 3.63) is 23.8 Å². The third-order valence-corrected chi connectivity index (χ3v) is 9.95. The maximum Gasteiger partial charge on any atom is 0.159 e. The van der Waals surface area contributed by atoms with Crippen LogP contribution in [0.5, 0.6) is 0 Å². The zero-order valence-corrected chi connectivity index (χ0v) is 19.9. The fourth-order valence-corrected chi connectivity index (χ4v) is 8.05. The fraction of sp³-hybridized carbons (Fsp3) is 0.821. The first-order valence-corrected chi connectivity index (χ1v) is 12.9. The third-order valence-electron chi connectivity index (χ3n) is 9.95. The van der Waals surface area contributed by atoms with Gasteiger partial charge in [-0.25, -0.2) is 0 Å². The third kappa shape index (κ3) is 3.76. The van der Waals surface area contributed by atoms with Crippen LogP contribution >= 0.6 is 0 Å². The predicted octanol–water partition coefficient (Wildman–Crippen LogP) is 6.59. The number of aliphatic hydroxyl groups excluding tert-OH is 1. The SMILES string of the molecule is CC[C@H](/C=C/[C@@H](C)[C@H]1CC[C@@H]2[C@@H]1CC[C@H]1[C@H]2C(=O)C=C2C[C@@H](O)CC[C@@]21C)C(C)C. The van der Waals surface area contributed by atoms with E-state index in [0.717, 1.165) is 31.1 Å². The smallest absolute Gasteiger partial charge is 0.159 e. The molecule has 4 rings (SSSR count). The number of carbonyl (C=O) groups excluding carboxylic acids is 1. The Bertz CT molecular complexity index is 703. The van der Waals surface area contributed by atoms with Crippen molar-refractivity contribution in [1.29, 1.82) is 0 Å². The van der Waals surface area contributed by atoms with Gasteiger partial charge in [0.1, 0.15) is 0 Å². The van der Waals surface area contributed by atoms with Gasteiger partial charge in [-0.05, 0) is 104 Å². The molecule has 3 fully saturated rings. The number of allylic oxidation sites excluding steroid dienone is 3. The Kier molecular flexibility index (Phi) is 6.37. The first-order valence-electron chi connectivity index (χ1n) is 12.9. The van der Waals surface area contributed by atoms with Crippen molar-refractivity contribution < 1.29 is 9.90 Å². The summed E-state index contributed by atoms with van der Waals surface area (Å²) in [4.78, 5) is 13.3. The minimum atomic E-state index is -0.244. The first-order chi connectivity index (χ1) is 14.3. The van der Waals surface area contributed by atoms with Gasteiger partial charge < -0.3 is 5.11 Å². The van der Waals surface area contributed by atoms with Gasteiger partial charge >= 0.3 is 0 Å². The van der Waals surface area contributed by atoms with Crippen LogP contribution in [0.1, 0.15) is 86.0 Å². The van der Waals surface area contributed by atoms with E-state index in [-0.39, 0.29) is 17.4 Å². The topological polar surface area (TPSA) is 37.3 Å². The molecular formula is C28H44O2. The van der Waals surface area contributed by atoms with E-state index < -0.39 is 0 Å². The van der Waals surface area contributed by atoms with E-state index in [9.17, 15) is 9.90 Å². The van der Waals surface area contributed by atoms with E-state index in [0.29, 0.717) is 35.4 Å². The minimum Gasteiger partial charge on any atom is -0.393 e. The molecule has 0 heterocycles. The van der Waals surface area contributed by atoms with Gasteiger partial charge in [0.25, 0.3) is 0 Å². The predicted molar refractivity (Wildman–Crippen MR) is 124 cm³/mol.